The van der Waals surface area contributed by atoms with Gasteiger partial charge >= 0.3 is 5.69 Å². The van der Waals surface area contributed by atoms with Crippen molar-refractivity contribution in [2.45, 2.75) is 32.4 Å². The average molecular weight is 347 g/mol. The SMILES string of the molecule is Cc1ccoc1C(=O)NC1CCN(CCn2cc([N+](=O)[O-])cn2)CC1. The van der Waals surface area contributed by atoms with Gasteiger partial charge in [0, 0.05) is 31.2 Å². The summed E-state index contributed by atoms with van der Waals surface area (Å²) in [6.45, 7) is 4.96. The fourth-order valence-electron chi connectivity index (χ4n) is 2.97. The number of furan rings is 1. The van der Waals surface area contributed by atoms with Gasteiger partial charge in [-0.3, -0.25) is 19.6 Å². The molecule has 134 valence electrons. The number of nitrogens with one attached hydrogen (secondary N) is 1. The summed E-state index contributed by atoms with van der Waals surface area (Å²) in [7, 11) is 0. The van der Waals surface area contributed by atoms with E-state index in [1.807, 2.05) is 6.92 Å². The predicted octanol–water partition coefficient (Wildman–Crippen LogP) is 1.59. The molecule has 0 aromatic carbocycles. The van der Waals surface area contributed by atoms with Crippen molar-refractivity contribution in [3.8, 4) is 0 Å². The van der Waals surface area contributed by atoms with Crippen molar-refractivity contribution in [3.63, 3.8) is 0 Å². The van der Waals surface area contributed by atoms with Crippen LogP contribution in [0.1, 0.15) is 29.0 Å². The summed E-state index contributed by atoms with van der Waals surface area (Å²) in [6, 6.07) is 1.91. The average Bonchev–Trinajstić information content (AvgIpc) is 3.23. The van der Waals surface area contributed by atoms with Gasteiger partial charge in [0.25, 0.3) is 5.91 Å². The minimum Gasteiger partial charge on any atom is -0.459 e. The lowest BCUT2D eigenvalue weighted by Gasteiger charge is -2.32. The Morgan fingerprint density at radius 3 is 2.80 bits per heavy atom. The van der Waals surface area contributed by atoms with E-state index < -0.39 is 4.92 Å². The number of hydrogen-bond donors (Lipinski definition) is 1. The quantitative estimate of drug-likeness (QED) is 0.628. The number of piperidine rings is 1. The molecule has 25 heavy (non-hydrogen) atoms. The molecule has 9 heteroatoms. The fraction of sp³-hybridized carbons (Fsp3) is 0.500. The molecule has 1 aliphatic heterocycles. The third kappa shape index (κ3) is 4.24. The second-order valence-corrected chi connectivity index (χ2v) is 6.24. The summed E-state index contributed by atoms with van der Waals surface area (Å²) in [5.74, 6) is 0.215. The highest BCUT2D eigenvalue weighted by Crippen LogP contribution is 2.14. The Bertz CT molecular complexity index is 745. The van der Waals surface area contributed by atoms with Crippen LogP contribution in [0.25, 0.3) is 0 Å². The number of aryl methyl sites for hydroxylation is 1. The highest BCUT2D eigenvalue weighted by molar-refractivity contribution is 5.92. The topological polar surface area (TPSA) is 106 Å². The maximum absolute atomic E-state index is 12.2. The zero-order valence-corrected chi connectivity index (χ0v) is 14.1. The largest absolute Gasteiger partial charge is 0.459 e. The molecule has 0 spiro atoms. The predicted molar refractivity (Wildman–Crippen MR) is 89.3 cm³/mol. The van der Waals surface area contributed by atoms with Crippen LogP contribution >= 0.6 is 0 Å². The Labute approximate surface area is 144 Å². The lowest BCUT2D eigenvalue weighted by atomic mass is 10.0. The van der Waals surface area contributed by atoms with E-state index in [1.165, 1.54) is 18.7 Å². The first-order chi connectivity index (χ1) is 12.0. The van der Waals surface area contributed by atoms with Crippen molar-refractivity contribution in [1.29, 1.82) is 0 Å². The van der Waals surface area contributed by atoms with Gasteiger partial charge < -0.3 is 14.6 Å². The number of rotatable bonds is 6. The van der Waals surface area contributed by atoms with Crippen LogP contribution in [0, 0.1) is 17.0 Å². The Hall–Kier alpha value is -2.68. The van der Waals surface area contributed by atoms with E-state index in [9.17, 15) is 14.9 Å². The van der Waals surface area contributed by atoms with Crippen LogP contribution < -0.4 is 5.32 Å². The van der Waals surface area contributed by atoms with Gasteiger partial charge in [0.05, 0.1) is 17.7 Å². The zero-order chi connectivity index (χ0) is 17.8. The van der Waals surface area contributed by atoms with Crippen LogP contribution in [-0.4, -0.2) is 51.2 Å². The van der Waals surface area contributed by atoms with Crippen LogP contribution in [0.4, 0.5) is 5.69 Å². The molecule has 1 amide bonds. The van der Waals surface area contributed by atoms with E-state index in [1.54, 1.807) is 10.7 Å². The zero-order valence-electron chi connectivity index (χ0n) is 14.1. The van der Waals surface area contributed by atoms with E-state index in [4.69, 9.17) is 4.42 Å². The van der Waals surface area contributed by atoms with Crippen molar-refractivity contribution in [2.24, 2.45) is 0 Å². The van der Waals surface area contributed by atoms with Gasteiger partial charge in [-0.05, 0) is 25.8 Å². The number of nitro groups is 1. The van der Waals surface area contributed by atoms with E-state index >= 15 is 0 Å². The molecular weight excluding hydrogens is 326 g/mol. The first-order valence-electron chi connectivity index (χ1n) is 8.27. The molecule has 0 radical (unpaired) electrons. The van der Waals surface area contributed by atoms with Crippen molar-refractivity contribution in [3.05, 3.63) is 46.2 Å². The van der Waals surface area contributed by atoms with Crippen LogP contribution in [0.5, 0.6) is 0 Å². The molecular formula is C16H21N5O4. The van der Waals surface area contributed by atoms with Gasteiger partial charge in [-0.15, -0.1) is 0 Å². The summed E-state index contributed by atoms with van der Waals surface area (Å²) < 4.78 is 6.80. The molecule has 0 aliphatic carbocycles. The molecule has 2 aromatic heterocycles. The van der Waals surface area contributed by atoms with Gasteiger partial charge in [0.15, 0.2) is 5.76 Å². The number of likely N-dealkylation sites (tertiary alicyclic amines) is 1. The van der Waals surface area contributed by atoms with Crippen LogP contribution in [-0.2, 0) is 6.54 Å². The lowest BCUT2D eigenvalue weighted by molar-refractivity contribution is -0.385. The van der Waals surface area contributed by atoms with Crippen molar-refractivity contribution >= 4 is 11.6 Å². The Morgan fingerprint density at radius 1 is 1.44 bits per heavy atom. The summed E-state index contributed by atoms with van der Waals surface area (Å²) in [5, 5.41) is 17.7. The molecule has 0 atom stereocenters. The molecule has 1 fully saturated rings. The summed E-state index contributed by atoms with van der Waals surface area (Å²) in [5.41, 5.74) is 0.845. The van der Waals surface area contributed by atoms with E-state index in [0.717, 1.165) is 38.0 Å². The Morgan fingerprint density at radius 2 is 2.20 bits per heavy atom. The summed E-state index contributed by atoms with van der Waals surface area (Å²) >= 11 is 0. The fourth-order valence-corrected chi connectivity index (χ4v) is 2.97. The maximum atomic E-state index is 12.2. The minimum atomic E-state index is -0.446. The molecule has 3 heterocycles. The number of carbonyl (C=O) groups excluding carboxylic acids is 1. The highest BCUT2D eigenvalue weighted by atomic mass is 16.6. The van der Waals surface area contributed by atoms with Crippen LogP contribution in [0.3, 0.4) is 0 Å². The minimum absolute atomic E-state index is 0.00893. The number of nitrogens with zero attached hydrogens (tertiary/aromatic N) is 4. The first-order valence-corrected chi connectivity index (χ1v) is 8.27. The van der Waals surface area contributed by atoms with Crippen LogP contribution in [0.2, 0.25) is 0 Å². The number of amides is 1. The molecule has 9 nitrogen and oxygen atoms in total. The molecule has 1 N–H and O–H groups in total. The summed E-state index contributed by atoms with van der Waals surface area (Å²) in [6.07, 6.45) is 5.96. The van der Waals surface area contributed by atoms with E-state index in [-0.39, 0.29) is 17.6 Å². The van der Waals surface area contributed by atoms with Gasteiger partial charge in [0.1, 0.15) is 12.4 Å². The number of hydrogen-bond acceptors (Lipinski definition) is 6. The third-order valence-electron chi connectivity index (χ3n) is 4.47. The number of aromatic nitrogens is 2. The van der Waals surface area contributed by atoms with E-state index in [0.29, 0.717) is 12.3 Å². The van der Waals surface area contributed by atoms with Crippen molar-refractivity contribution in [1.82, 2.24) is 20.0 Å². The molecule has 1 aliphatic rings. The maximum Gasteiger partial charge on any atom is 0.306 e. The Kier molecular flexibility index (Phi) is 5.13. The molecule has 0 unspecified atom stereocenters. The van der Waals surface area contributed by atoms with Crippen molar-refractivity contribution in [2.75, 3.05) is 19.6 Å². The molecule has 2 aromatic rings. The molecule has 0 saturated carbocycles. The third-order valence-corrected chi connectivity index (χ3v) is 4.47. The van der Waals surface area contributed by atoms with Gasteiger partial charge in [-0.2, -0.15) is 5.10 Å². The van der Waals surface area contributed by atoms with Gasteiger partial charge in [-0.1, -0.05) is 0 Å². The summed E-state index contributed by atoms with van der Waals surface area (Å²) in [4.78, 5) is 24.6. The molecule has 3 rings (SSSR count). The normalized spacial score (nSPS) is 16.0. The second kappa shape index (κ2) is 7.47. The second-order valence-electron chi connectivity index (χ2n) is 6.24. The molecule has 0 bridgehead atoms. The molecule has 1 saturated heterocycles. The van der Waals surface area contributed by atoms with Crippen molar-refractivity contribution < 1.29 is 14.1 Å². The van der Waals surface area contributed by atoms with Gasteiger partial charge in [0.2, 0.25) is 0 Å². The monoisotopic (exact) mass is 347 g/mol. The standard InChI is InChI=1S/C16H21N5O4/c1-12-4-9-25-15(12)16(22)18-13-2-5-19(6-3-13)7-8-20-11-14(10-17-20)21(23)24/h4,9-11,13H,2-3,5-8H2,1H3,(H,18,22). The van der Waals surface area contributed by atoms with E-state index in [2.05, 4.69) is 15.3 Å². The lowest BCUT2D eigenvalue weighted by Crippen LogP contribution is -2.45. The van der Waals surface area contributed by atoms with Crippen LogP contribution in [0.15, 0.2) is 29.1 Å². The first kappa shape index (κ1) is 17.2. The smallest absolute Gasteiger partial charge is 0.306 e. The number of carbonyl (C=O) groups is 1. The highest BCUT2D eigenvalue weighted by Gasteiger charge is 2.23. The Balaban J connectivity index is 1.41. The van der Waals surface area contributed by atoms with Gasteiger partial charge in [-0.25, -0.2) is 0 Å².